The summed E-state index contributed by atoms with van der Waals surface area (Å²) in [6, 6.07) is 4.58. The third-order valence-corrected chi connectivity index (χ3v) is 6.02. The van der Waals surface area contributed by atoms with E-state index in [1.54, 1.807) is 18.9 Å². The molecule has 0 saturated carbocycles. The van der Waals surface area contributed by atoms with Crippen LogP contribution in [0.4, 0.5) is 5.69 Å². The third kappa shape index (κ3) is 4.66. The standard InChI is InChI=1S/C19H29ClN4OS/c1-19(2,3)26-18-21-15-10-14(20)17(11-16(15)22-18)23(4)13-6-7-24(12-13)8-9-25-5/h10-11,13H,6-9,12H2,1-5H3,(H,21,22)/t13-/m0/s1. The van der Waals surface area contributed by atoms with Gasteiger partial charge in [0.25, 0.3) is 0 Å². The van der Waals surface area contributed by atoms with Gasteiger partial charge in [0, 0.05) is 44.6 Å². The third-order valence-electron chi connectivity index (χ3n) is 4.72. The van der Waals surface area contributed by atoms with Crippen LogP contribution in [0.2, 0.25) is 5.02 Å². The van der Waals surface area contributed by atoms with Gasteiger partial charge in [-0.1, -0.05) is 44.1 Å². The Kier molecular flexibility index (Phi) is 6.07. The first-order valence-corrected chi connectivity index (χ1v) is 10.3. The lowest BCUT2D eigenvalue weighted by molar-refractivity contribution is 0.160. The molecule has 1 N–H and O–H groups in total. The van der Waals surface area contributed by atoms with Crippen molar-refractivity contribution in [3.8, 4) is 0 Å². The molecule has 0 aliphatic carbocycles. The molecule has 2 aromatic rings. The monoisotopic (exact) mass is 396 g/mol. The molecule has 1 aromatic heterocycles. The number of likely N-dealkylation sites (tertiary alicyclic amines) is 1. The number of likely N-dealkylation sites (N-methyl/N-ethyl adjacent to an activating group) is 1. The van der Waals surface area contributed by atoms with E-state index in [-0.39, 0.29) is 4.75 Å². The van der Waals surface area contributed by atoms with Crippen molar-refractivity contribution in [2.75, 3.05) is 45.3 Å². The molecule has 1 atom stereocenters. The van der Waals surface area contributed by atoms with Crippen LogP contribution in [0.3, 0.4) is 0 Å². The molecule has 144 valence electrons. The Morgan fingerprint density at radius 2 is 2.19 bits per heavy atom. The molecule has 0 bridgehead atoms. The van der Waals surface area contributed by atoms with Gasteiger partial charge in [0.15, 0.2) is 5.16 Å². The molecule has 2 heterocycles. The van der Waals surface area contributed by atoms with Crippen molar-refractivity contribution in [1.29, 1.82) is 0 Å². The van der Waals surface area contributed by atoms with Crippen LogP contribution in [-0.2, 0) is 4.74 Å². The summed E-state index contributed by atoms with van der Waals surface area (Å²) in [5.74, 6) is 0. The van der Waals surface area contributed by atoms with Crippen LogP contribution in [0.25, 0.3) is 11.0 Å². The van der Waals surface area contributed by atoms with Crippen LogP contribution >= 0.6 is 23.4 Å². The highest BCUT2D eigenvalue weighted by Crippen LogP contribution is 2.35. The number of halogens is 1. The van der Waals surface area contributed by atoms with Gasteiger partial charge in [-0.3, -0.25) is 4.90 Å². The van der Waals surface area contributed by atoms with E-state index in [0.29, 0.717) is 6.04 Å². The van der Waals surface area contributed by atoms with Crippen LogP contribution in [0.1, 0.15) is 27.2 Å². The summed E-state index contributed by atoms with van der Waals surface area (Å²) in [5, 5.41) is 1.70. The Bertz CT molecular complexity index is 758. The average molecular weight is 397 g/mol. The summed E-state index contributed by atoms with van der Waals surface area (Å²) in [7, 11) is 3.89. The summed E-state index contributed by atoms with van der Waals surface area (Å²) >= 11 is 8.34. The van der Waals surface area contributed by atoms with Crippen LogP contribution < -0.4 is 4.90 Å². The zero-order valence-corrected chi connectivity index (χ0v) is 17.9. The van der Waals surface area contributed by atoms with Crippen molar-refractivity contribution >= 4 is 40.1 Å². The van der Waals surface area contributed by atoms with Crippen molar-refractivity contribution in [3.63, 3.8) is 0 Å². The molecule has 0 amide bonds. The smallest absolute Gasteiger partial charge is 0.166 e. The lowest BCUT2D eigenvalue weighted by Gasteiger charge is -2.28. The summed E-state index contributed by atoms with van der Waals surface area (Å²) in [6.07, 6.45) is 1.14. The number of rotatable bonds is 6. The van der Waals surface area contributed by atoms with Crippen LogP contribution in [0, 0.1) is 0 Å². The second kappa shape index (κ2) is 7.97. The van der Waals surface area contributed by atoms with Gasteiger partial charge in [-0.05, 0) is 18.6 Å². The fourth-order valence-corrected chi connectivity index (χ4v) is 4.53. The molecule has 3 rings (SSSR count). The predicted octanol–water partition coefficient (Wildman–Crippen LogP) is 4.26. The zero-order chi connectivity index (χ0) is 18.9. The van der Waals surface area contributed by atoms with Crippen molar-refractivity contribution in [3.05, 3.63) is 17.2 Å². The highest BCUT2D eigenvalue weighted by molar-refractivity contribution is 8.00. The first-order valence-electron chi connectivity index (χ1n) is 9.09. The molecule has 1 aliphatic rings. The number of H-pyrrole nitrogens is 1. The molecular formula is C19H29ClN4OS. The zero-order valence-electron chi connectivity index (χ0n) is 16.3. The fourth-order valence-electron chi connectivity index (χ4n) is 3.35. The van der Waals surface area contributed by atoms with E-state index in [0.717, 1.165) is 59.6 Å². The number of ether oxygens (including phenoxy) is 1. The minimum Gasteiger partial charge on any atom is -0.383 e. The van der Waals surface area contributed by atoms with Crippen LogP contribution in [-0.4, -0.2) is 66.1 Å². The summed E-state index contributed by atoms with van der Waals surface area (Å²) in [5.41, 5.74) is 3.03. The number of benzene rings is 1. The minimum absolute atomic E-state index is 0.118. The van der Waals surface area contributed by atoms with E-state index in [2.05, 4.69) is 53.7 Å². The van der Waals surface area contributed by atoms with Crippen molar-refractivity contribution in [2.45, 2.75) is 43.1 Å². The Morgan fingerprint density at radius 1 is 1.42 bits per heavy atom. The second-order valence-corrected chi connectivity index (χ2v) is 10.1. The first-order chi connectivity index (χ1) is 12.3. The Balaban J connectivity index is 1.78. The lowest BCUT2D eigenvalue weighted by Crippen LogP contribution is -2.35. The largest absolute Gasteiger partial charge is 0.383 e. The highest BCUT2D eigenvalue weighted by Gasteiger charge is 2.27. The number of anilines is 1. The Labute approximate surface area is 165 Å². The topological polar surface area (TPSA) is 44.4 Å². The molecule has 1 aliphatic heterocycles. The van der Waals surface area contributed by atoms with Crippen molar-refractivity contribution < 1.29 is 4.74 Å². The Morgan fingerprint density at radius 3 is 2.88 bits per heavy atom. The number of aromatic amines is 1. The molecule has 0 spiro atoms. The van der Waals surface area contributed by atoms with Gasteiger partial charge >= 0.3 is 0 Å². The molecular weight excluding hydrogens is 368 g/mol. The van der Waals surface area contributed by atoms with Gasteiger partial charge in [0.1, 0.15) is 0 Å². The average Bonchev–Trinajstić information content (AvgIpc) is 3.15. The van der Waals surface area contributed by atoms with Gasteiger partial charge in [-0.25, -0.2) is 4.98 Å². The number of aromatic nitrogens is 2. The fraction of sp³-hybridized carbons (Fsp3) is 0.632. The van der Waals surface area contributed by atoms with Gasteiger partial charge in [-0.15, -0.1) is 0 Å². The van der Waals surface area contributed by atoms with E-state index < -0.39 is 0 Å². The van der Waals surface area contributed by atoms with E-state index >= 15 is 0 Å². The summed E-state index contributed by atoms with van der Waals surface area (Å²) in [4.78, 5) is 12.9. The Hall–Kier alpha value is -0.950. The van der Waals surface area contributed by atoms with Crippen molar-refractivity contribution in [2.24, 2.45) is 0 Å². The van der Waals surface area contributed by atoms with Gasteiger partial charge in [-0.2, -0.15) is 0 Å². The van der Waals surface area contributed by atoms with Gasteiger partial charge in [0.05, 0.1) is 28.4 Å². The normalized spacial score (nSPS) is 18.8. The molecule has 1 saturated heterocycles. The second-order valence-electron chi connectivity index (χ2n) is 7.92. The number of fused-ring (bicyclic) bond motifs is 1. The maximum Gasteiger partial charge on any atom is 0.166 e. The van der Waals surface area contributed by atoms with Crippen LogP contribution in [0.15, 0.2) is 17.3 Å². The van der Waals surface area contributed by atoms with Crippen LogP contribution in [0.5, 0.6) is 0 Å². The number of hydrogen-bond donors (Lipinski definition) is 1. The maximum atomic E-state index is 6.60. The highest BCUT2D eigenvalue weighted by atomic mass is 35.5. The van der Waals surface area contributed by atoms with E-state index in [1.165, 1.54) is 0 Å². The van der Waals surface area contributed by atoms with E-state index in [1.807, 2.05) is 6.07 Å². The molecule has 0 unspecified atom stereocenters. The molecule has 5 nitrogen and oxygen atoms in total. The summed E-state index contributed by atoms with van der Waals surface area (Å²) in [6.45, 7) is 10.5. The molecule has 1 fully saturated rings. The predicted molar refractivity (Wildman–Crippen MR) is 112 cm³/mol. The number of nitrogens with zero attached hydrogens (tertiary/aromatic N) is 3. The number of thioether (sulfide) groups is 1. The number of methoxy groups -OCH3 is 1. The van der Waals surface area contributed by atoms with Gasteiger partial charge in [0.2, 0.25) is 0 Å². The SMILES string of the molecule is COCCN1CC[C@H](N(C)c2cc3[nH]c(SC(C)(C)C)nc3cc2Cl)C1. The number of nitrogens with one attached hydrogen (secondary N) is 1. The molecule has 0 radical (unpaired) electrons. The quantitative estimate of drug-likeness (QED) is 0.739. The molecule has 26 heavy (non-hydrogen) atoms. The van der Waals surface area contributed by atoms with Crippen molar-refractivity contribution in [1.82, 2.24) is 14.9 Å². The number of hydrogen-bond acceptors (Lipinski definition) is 5. The van der Waals surface area contributed by atoms with E-state index in [9.17, 15) is 0 Å². The molecule has 7 heteroatoms. The first kappa shape index (κ1) is 19.8. The lowest BCUT2D eigenvalue weighted by atomic mass is 10.2. The maximum absolute atomic E-state index is 6.60. The molecule has 1 aromatic carbocycles. The van der Waals surface area contributed by atoms with E-state index in [4.69, 9.17) is 16.3 Å². The summed E-state index contributed by atoms with van der Waals surface area (Å²) < 4.78 is 5.32. The minimum atomic E-state index is 0.118. The van der Waals surface area contributed by atoms with Gasteiger partial charge < -0.3 is 14.6 Å². The number of imidazole rings is 1.